The van der Waals surface area contributed by atoms with E-state index < -0.39 is 14.5 Å². The van der Waals surface area contributed by atoms with Gasteiger partial charge in [-0.2, -0.15) is 0 Å². The Morgan fingerprint density at radius 1 is 1.46 bits per heavy atom. The second-order valence-corrected chi connectivity index (χ2v) is 2.34. The first-order chi connectivity index (χ1) is 6.04. The average molecular weight is 208 g/mol. The Balaban J connectivity index is 0. The maximum atomic E-state index is 9.65. The Morgan fingerprint density at radius 2 is 1.92 bits per heavy atom. The lowest BCUT2D eigenvalue weighted by Gasteiger charge is -2.13. The molecular weight excluding hydrogens is 191 g/mol. The summed E-state index contributed by atoms with van der Waals surface area (Å²) in [6.45, 7) is 8.90. The van der Waals surface area contributed by atoms with Gasteiger partial charge in [-0.25, -0.2) is 4.57 Å². The van der Waals surface area contributed by atoms with Crippen LogP contribution < -0.4 is 11.5 Å². The van der Waals surface area contributed by atoms with E-state index in [4.69, 9.17) is 16.2 Å². The summed E-state index contributed by atoms with van der Waals surface area (Å²) in [5.74, 6) is -1.47. The van der Waals surface area contributed by atoms with E-state index in [0.29, 0.717) is 0 Å². The average Bonchev–Trinajstić information content (AvgIpc) is 2.07. The minimum absolute atomic E-state index is 0.547. The lowest BCUT2D eigenvalue weighted by atomic mass is 10.5. The topological polar surface area (TPSA) is 87.6 Å². The second-order valence-electron chi connectivity index (χ2n) is 2.00. The van der Waals surface area contributed by atoms with Crippen molar-refractivity contribution >= 4 is 8.69 Å². The van der Waals surface area contributed by atoms with Crippen molar-refractivity contribution in [1.82, 2.24) is 0 Å². The highest BCUT2D eigenvalue weighted by Crippen LogP contribution is 2.04. The Labute approximate surface area is 80.4 Å². The minimum Gasteiger partial charge on any atom is -0.382 e. The van der Waals surface area contributed by atoms with E-state index in [1.54, 1.807) is 0 Å². The third kappa shape index (κ3) is 14.5. The normalized spacial score (nSPS) is 10.5. The van der Waals surface area contributed by atoms with Crippen molar-refractivity contribution in [3.05, 3.63) is 12.7 Å². The van der Waals surface area contributed by atoms with Gasteiger partial charge in [0.05, 0.1) is 0 Å². The van der Waals surface area contributed by atoms with E-state index in [-0.39, 0.29) is 0 Å². The molecule has 0 aliphatic rings. The highest BCUT2D eigenvalue weighted by atomic mass is 31.1. The summed E-state index contributed by atoms with van der Waals surface area (Å²) < 4.78 is 18.7. The smallest absolute Gasteiger partial charge is 0.330 e. The van der Waals surface area contributed by atoms with E-state index in [2.05, 4.69) is 11.1 Å². The molecule has 0 aromatic rings. The zero-order valence-corrected chi connectivity index (χ0v) is 8.92. The molecule has 0 spiro atoms. The molecule has 13 heavy (non-hydrogen) atoms. The van der Waals surface area contributed by atoms with Gasteiger partial charge in [0.2, 0.25) is 5.85 Å². The molecule has 0 radical (unpaired) electrons. The number of hydrogen-bond acceptors (Lipinski definition) is 5. The standard InChI is InChI=1S/C4H10O.C3H7N2O2P/c1-3-5-4-2;1-2-3(4,5)7-8-6/h3-4H2,1-2H3;2H,1,4-5H2. The summed E-state index contributed by atoms with van der Waals surface area (Å²) in [5.41, 5.74) is 10.1. The van der Waals surface area contributed by atoms with Crippen molar-refractivity contribution in [2.24, 2.45) is 11.5 Å². The first-order valence-electron chi connectivity index (χ1n) is 3.84. The highest BCUT2D eigenvalue weighted by molar-refractivity contribution is 7.17. The summed E-state index contributed by atoms with van der Waals surface area (Å²) in [6.07, 6.45) is 1.15. The minimum atomic E-state index is -1.47. The maximum Gasteiger partial charge on any atom is 0.330 e. The molecule has 0 aliphatic carbocycles. The number of nitrogens with two attached hydrogens (primary N) is 2. The summed E-state index contributed by atoms with van der Waals surface area (Å²) in [5, 5.41) is 0. The van der Waals surface area contributed by atoms with Gasteiger partial charge in [0.1, 0.15) is 0 Å². The van der Waals surface area contributed by atoms with Gasteiger partial charge in [-0.15, -0.1) is 0 Å². The Kier molecular flexibility index (Phi) is 11.4. The molecule has 0 bridgehead atoms. The molecule has 0 saturated carbocycles. The van der Waals surface area contributed by atoms with Crippen molar-refractivity contribution < 1.29 is 13.8 Å². The number of rotatable bonds is 5. The monoisotopic (exact) mass is 208 g/mol. The molecule has 5 nitrogen and oxygen atoms in total. The van der Waals surface area contributed by atoms with E-state index in [9.17, 15) is 4.57 Å². The third-order valence-electron chi connectivity index (χ3n) is 0.923. The van der Waals surface area contributed by atoms with Crippen LogP contribution in [0.4, 0.5) is 0 Å². The van der Waals surface area contributed by atoms with Crippen LogP contribution in [0.25, 0.3) is 0 Å². The molecule has 0 aromatic heterocycles. The number of hydrogen-bond donors (Lipinski definition) is 2. The summed E-state index contributed by atoms with van der Waals surface area (Å²) in [4.78, 5) is 0. The zero-order chi connectivity index (χ0) is 10.7. The quantitative estimate of drug-likeness (QED) is 0.400. The van der Waals surface area contributed by atoms with Crippen molar-refractivity contribution in [2.45, 2.75) is 19.7 Å². The fourth-order valence-corrected chi connectivity index (χ4v) is 0.510. The fourth-order valence-electron chi connectivity index (χ4n) is 0.306. The molecule has 78 valence electrons. The van der Waals surface area contributed by atoms with Gasteiger partial charge < -0.3 is 4.74 Å². The maximum absolute atomic E-state index is 9.65. The fraction of sp³-hybridized carbons (Fsp3) is 0.714. The van der Waals surface area contributed by atoms with Crippen LogP contribution in [0.3, 0.4) is 0 Å². The first-order valence-corrected chi connectivity index (χ1v) is 4.57. The molecule has 0 atom stereocenters. The largest absolute Gasteiger partial charge is 0.382 e. The zero-order valence-electron chi connectivity index (χ0n) is 8.03. The van der Waals surface area contributed by atoms with Crippen LogP contribution in [-0.4, -0.2) is 19.1 Å². The van der Waals surface area contributed by atoms with Crippen molar-refractivity contribution in [2.75, 3.05) is 13.2 Å². The summed E-state index contributed by atoms with van der Waals surface area (Å²) in [6, 6.07) is 0. The van der Waals surface area contributed by atoms with Gasteiger partial charge in [0.15, 0.2) is 0 Å². The van der Waals surface area contributed by atoms with Gasteiger partial charge >= 0.3 is 8.69 Å². The number of ether oxygens (including phenoxy) is 1. The van der Waals surface area contributed by atoms with E-state index >= 15 is 0 Å². The van der Waals surface area contributed by atoms with Crippen LogP contribution in [0, 0.1) is 0 Å². The van der Waals surface area contributed by atoms with Crippen LogP contribution in [0.15, 0.2) is 12.7 Å². The Morgan fingerprint density at radius 3 is 2.00 bits per heavy atom. The van der Waals surface area contributed by atoms with Gasteiger partial charge in [-0.05, 0) is 19.9 Å². The molecule has 0 amide bonds. The molecule has 0 rings (SSSR count). The van der Waals surface area contributed by atoms with E-state index in [1.165, 1.54) is 0 Å². The Hall–Kier alpha value is -0.320. The van der Waals surface area contributed by atoms with Crippen molar-refractivity contribution in [1.29, 1.82) is 0 Å². The van der Waals surface area contributed by atoms with Gasteiger partial charge in [0.25, 0.3) is 0 Å². The van der Waals surface area contributed by atoms with Crippen LogP contribution in [-0.2, 0) is 13.8 Å². The predicted octanol–water partition coefficient (Wildman–Crippen LogP) is 1.01. The molecule has 0 unspecified atom stereocenters. The summed E-state index contributed by atoms with van der Waals surface area (Å²) in [7, 11) is -0.547. The lowest BCUT2D eigenvalue weighted by molar-refractivity contribution is 0.155. The van der Waals surface area contributed by atoms with E-state index in [1.807, 2.05) is 13.8 Å². The molecular formula is C7H17N2O3P. The highest BCUT2D eigenvalue weighted by Gasteiger charge is 2.13. The molecule has 0 aliphatic heterocycles. The second kappa shape index (κ2) is 9.77. The Bertz CT molecular complexity index is 140. The molecule has 6 heteroatoms. The van der Waals surface area contributed by atoms with Crippen molar-refractivity contribution in [3.63, 3.8) is 0 Å². The van der Waals surface area contributed by atoms with Gasteiger partial charge in [0, 0.05) is 13.2 Å². The lowest BCUT2D eigenvalue weighted by Crippen LogP contribution is -2.47. The van der Waals surface area contributed by atoms with Crippen molar-refractivity contribution in [3.8, 4) is 0 Å². The van der Waals surface area contributed by atoms with Gasteiger partial charge in [-0.1, -0.05) is 6.58 Å². The SMILES string of the molecule is C=CC(N)(N)OP=O.CCOCC. The first kappa shape index (κ1) is 15.2. The van der Waals surface area contributed by atoms with Crippen LogP contribution >= 0.6 is 8.69 Å². The molecule has 0 heterocycles. The molecule has 0 saturated heterocycles. The van der Waals surface area contributed by atoms with Crippen LogP contribution in [0.2, 0.25) is 0 Å². The summed E-state index contributed by atoms with van der Waals surface area (Å²) >= 11 is 0. The molecule has 0 fully saturated rings. The van der Waals surface area contributed by atoms with Gasteiger partial charge in [-0.3, -0.25) is 16.0 Å². The van der Waals surface area contributed by atoms with Crippen LogP contribution in [0.1, 0.15) is 13.8 Å². The van der Waals surface area contributed by atoms with Crippen LogP contribution in [0.5, 0.6) is 0 Å². The molecule has 4 N–H and O–H groups in total. The van der Waals surface area contributed by atoms with E-state index in [0.717, 1.165) is 19.3 Å². The third-order valence-corrected chi connectivity index (χ3v) is 1.31. The molecule has 0 aromatic carbocycles. The predicted molar refractivity (Wildman–Crippen MR) is 52.2 cm³/mol.